The SMILES string of the molecule is CCCC/C=C\CCCCCCCC(=O)OC(COC(=O)CCCCCCC/C=C\C/C=C\CCCCC)COC1OC(C(=O)O)C(O)C(O)C1OC(=O)CCCCCCCCCCCCCCCCC. The van der Waals surface area contributed by atoms with Crippen molar-refractivity contribution < 1.29 is 58.2 Å². The number of unbranched alkanes of at least 4 members (excludes halogenated alkanes) is 29. The van der Waals surface area contributed by atoms with Crippen molar-refractivity contribution in [2.45, 2.75) is 302 Å². The van der Waals surface area contributed by atoms with Crippen molar-refractivity contribution >= 4 is 23.9 Å². The van der Waals surface area contributed by atoms with Gasteiger partial charge in [0.25, 0.3) is 0 Å². The van der Waals surface area contributed by atoms with Crippen molar-refractivity contribution in [3.05, 3.63) is 36.5 Å². The molecule has 412 valence electrons. The zero-order chi connectivity index (χ0) is 51.8. The van der Waals surface area contributed by atoms with Crippen LogP contribution in [0.15, 0.2) is 36.5 Å². The average Bonchev–Trinajstić information content (AvgIpc) is 3.35. The molecule has 0 aromatic rings. The van der Waals surface area contributed by atoms with Crippen molar-refractivity contribution in [1.29, 1.82) is 0 Å². The number of hydrogen-bond acceptors (Lipinski definition) is 11. The molecule has 0 saturated carbocycles. The molecule has 6 unspecified atom stereocenters. The number of ether oxygens (including phenoxy) is 5. The molecule has 1 aliphatic rings. The van der Waals surface area contributed by atoms with Gasteiger partial charge in [0.15, 0.2) is 24.6 Å². The maximum absolute atomic E-state index is 13.1. The quantitative estimate of drug-likeness (QED) is 0.0228. The summed E-state index contributed by atoms with van der Waals surface area (Å²) in [4.78, 5) is 51.0. The van der Waals surface area contributed by atoms with Gasteiger partial charge in [-0.3, -0.25) is 14.4 Å². The van der Waals surface area contributed by atoms with E-state index in [1.807, 2.05) is 0 Å². The molecule has 6 atom stereocenters. The van der Waals surface area contributed by atoms with Gasteiger partial charge in [-0.15, -0.1) is 0 Å². The van der Waals surface area contributed by atoms with E-state index >= 15 is 0 Å². The Kier molecular flexibility index (Phi) is 44.5. The molecule has 0 aromatic heterocycles. The van der Waals surface area contributed by atoms with Crippen LogP contribution in [0, 0.1) is 0 Å². The third kappa shape index (κ3) is 38.2. The first kappa shape index (κ1) is 66.0. The molecule has 0 aromatic carbocycles. The summed E-state index contributed by atoms with van der Waals surface area (Å²) in [5, 5.41) is 31.4. The number of allylic oxidation sites excluding steroid dienone is 6. The molecule has 0 aliphatic carbocycles. The van der Waals surface area contributed by atoms with E-state index in [2.05, 4.69) is 57.2 Å². The van der Waals surface area contributed by atoms with Crippen LogP contribution in [0.5, 0.6) is 0 Å². The lowest BCUT2D eigenvalue weighted by Crippen LogP contribution is -2.61. The van der Waals surface area contributed by atoms with Crippen LogP contribution in [0.3, 0.4) is 0 Å². The summed E-state index contributed by atoms with van der Waals surface area (Å²) in [6.07, 6.45) is 42.6. The second-order valence-corrected chi connectivity index (χ2v) is 19.9. The molecule has 3 N–H and O–H groups in total. The van der Waals surface area contributed by atoms with E-state index in [-0.39, 0.29) is 25.9 Å². The fourth-order valence-corrected chi connectivity index (χ4v) is 8.67. The first-order valence-corrected chi connectivity index (χ1v) is 29.0. The zero-order valence-corrected chi connectivity index (χ0v) is 45.2. The highest BCUT2D eigenvalue weighted by Crippen LogP contribution is 2.26. The maximum Gasteiger partial charge on any atom is 0.335 e. The molecule has 12 nitrogen and oxygen atoms in total. The van der Waals surface area contributed by atoms with E-state index in [1.54, 1.807) is 0 Å². The van der Waals surface area contributed by atoms with Gasteiger partial charge in [0.2, 0.25) is 0 Å². The molecule has 1 rings (SSSR count). The molecule has 0 amide bonds. The Morgan fingerprint density at radius 1 is 0.465 bits per heavy atom. The normalized spacial score (nSPS) is 18.7. The molecule has 1 aliphatic heterocycles. The minimum atomic E-state index is -1.90. The number of aliphatic hydroxyl groups is 2. The maximum atomic E-state index is 13.1. The van der Waals surface area contributed by atoms with Crippen LogP contribution >= 0.6 is 0 Å². The summed E-state index contributed by atoms with van der Waals surface area (Å²) in [6.45, 7) is 5.92. The summed E-state index contributed by atoms with van der Waals surface area (Å²) < 4.78 is 28.4. The Bertz CT molecular complexity index is 1380. The topological polar surface area (TPSA) is 175 Å². The number of carbonyl (C=O) groups excluding carboxylic acids is 3. The fourth-order valence-electron chi connectivity index (χ4n) is 8.67. The summed E-state index contributed by atoms with van der Waals surface area (Å²) in [6, 6.07) is 0. The highest BCUT2D eigenvalue weighted by molar-refractivity contribution is 5.74. The minimum absolute atomic E-state index is 0.0631. The van der Waals surface area contributed by atoms with Crippen LogP contribution in [-0.4, -0.2) is 89.2 Å². The number of carbonyl (C=O) groups is 4. The fraction of sp³-hybridized carbons (Fsp3) is 0.831. The molecular formula is C59H104O12. The Morgan fingerprint density at radius 2 is 0.859 bits per heavy atom. The highest BCUT2D eigenvalue weighted by Gasteiger charge is 2.50. The van der Waals surface area contributed by atoms with Gasteiger partial charge < -0.3 is 39.0 Å². The number of carboxylic acids is 1. The van der Waals surface area contributed by atoms with Crippen molar-refractivity contribution in [1.82, 2.24) is 0 Å². The monoisotopic (exact) mass is 1000 g/mol. The van der Waals surface area contributed by atoms with Gasteiger partial charge in [0.05, 0.1) is 6.61 Å². The van der Waals surface area contributed by atoms with Gasteiger partial charge >= 0.3 is 23.9 Å². The van der Waals surface area contributed by atoms with E-state index in [0.29, 0.717) is 19.3 Å². The molecular weight excluding hydrogens is 901 g/mol. The van der Waals surface area contributed by atoms with Crippen LogP contribution in [0.1, 0.15) is 265 Å². The van der Waals surface area contributed by atoms with Gasteiger partial charge in [0.1, 0.15) is 18.8 Å². The predicted molar refractivity (Wildman–Crippen MR) is 285 cm³/mol. The zero-order valence-electron chi connectivity index (χ0n) is 45.2. The van der Waals surface area contributed by atoms with Gasteiger partial charge in [-0.1, -0.05) is 211 Å². The molecule has 71 heavy (non-hydrogen) atoms. The highest BCUT2D eigenvalue weighted by atomic mass is 16.7. The van der Waals surface area contributed by atoms with E-state index in [4.69, 9.17) is 23.7 Å². The van der Waals surface area contributed by atoms with Gasteiger partial charge in [-0.25, -0.2) is 4.79 Å². The van der Waals surface area contributed by atoms with Crippen molar-refractivity contribution in [2.75, 3.05) is 13.2 Å². The molecule has 0 bridgehead atoms. The molecule has 1 fully saturated rings. The second kappa shape index (κ2) is 47.9. The minimum Gasteiger partial charge on any atom is -0.479 e. The van der Waals surface area contributed by atoms with Crippen LogP contribution in [0.2, 0.25) is 0 Å². The first-order valence-electron chi connectivity index (χ1n) is 29.0. The van der Waals surface area contributed by atoms with Gasteiger partial charge in [0, 0.05) is 19.3 Å². The molecule has 0 radical (unpaired) electrons. The van der Waals surface area contributed by atoms with E-state index in [0.717, 1.165) is 109 Å². The van der Waals surface area contributed by atoms with Crippen molar-refractivity contribution in [3.63, 3.8) is 0 Å². The van der Waals surface area contributed by atoms with E-state index in [9.17, 15) is 34.5 Å². The third-order valence-electron chi connectivity index (χ3n) is 13.2. The van der Waals surface area contributed by atoms with Gasteiger partial charge in [-0.2, -0.15) is 0 Å². The van der Waals surface area contributed by atoms with Crippen LogP contribution in [-0.2, 0) is 42.9 Å². The summed E-state index contributed by atoms with van der Waals surface area (Å²) in [5.74, 6) is -3.13. The lowest BCUT2D eigenvalue weighted by atomic mass is 9.98. The number of esters is 3. The van der Waals surface area contributed by atoms with Gasteiger partial charge in [-0.05, 0) is 70.6 Å². The standard InChI is InChI=1S/C59H104O12/c1-4-7-10-13-16-19-22-24-26-28-31-33-36-39-42-45-51(60)67-48-50(69-52(61)46-43-40-37-34-30-21-18-15-12-9-6-3)49-68-59-57(55(64)54(63)56(71-59)58(65)66)70-53(62)47-44-41-38-35-32-29-27-25-23-20-17-14-11-8-5-2/h15-16,18-19,24,26,50,54-57,59,63-64H,4-14,17,20-23,25,27-49H2,1-3H3,(H,65,66)/b18-15-,19-16-,26-24-. The summed E-state index contributed by atoms with van der Waals surface area (Å²) in [7, 11) is 0. The van der Waals surface area contributed by atoms with Crippen LogP contribution < -0.4 is 0 Å². The molecule has 12 heteroatoms. The number of carboxylic acid groups (broad SMARTS) is 1. The average molecular weight is 1010 g/mol. The number of aliphatic hydroxyl groups excluding tert-OH is 2. The Morgan fingerprint density at radius 3 is 1.35 bits per heavy atom. The summed E-state index contributed by atoms with van der Waals surface area (Å²) >= 11 is 0. The van der Waals surface area contributed by atoms with Crippen molar-refractivity contribution in [3.8, 4) is 0 Å². The third-order valence-corrected chi connectivity index (χ3v) is 13.2. The largest absolute Gasteiger partial charge is 0.479 e. The molecule has 0 spiro atoms. The second-order valence-electron chi connectivity index (χ2n) is 19.9. The van der Waals surface area contributed by atoms with E-state index in [1.165, 1.54) is 96.3 Å². The number of rotatable bonds is 49. The molecule has 1 heterocycles. The molecule has 1 saturated heterocycles. The lowest BCUT2D eigenvalue weighted by Gasteiger charge is -2.40. The smallest absolute Gasteiger partial charge is 0.335 e. The predicted octanol–water partition coefficient (Wildman–Crippen LogP) is 14.5. The van der Waals surface area contributed by atoms with Crippen LogP contribution in [0.4, 0.5) is 0 Å². The Hall–Kier alpha value is -3.06. The first-order chi connectivity index (χ1) is 34.6. The Labute approximate surface area is 431 Å². The van der Waals surface area contributed by atoms with Crippen LogP contribution in [0.25, 0.3) is 0 Å². The van der Waals surface area contributed by atoms with Crippen molar-refractivity contribution in [2.24, 2.45) is 0 Å². The Balaban J connectivity index is 2.69. The lowest BCUT2D eigenvalue weighted by molar-refractivity contribution is -0.301. The number of hydrogen-bond donors (Lipinski definition) is 3. The van der Waals surface area contributed by atoms with E-state index < -0.39 is 67.3 Å². The number of aliphatic carboxylic acids is 1. The summed E-state index contributed by atoms with van der Waals surface area (Å²) in [5.41, 5.74) is 0.